The second kappa shape index (κ2) is 6.66. The van der Waals surface area contributed by atoms with Gasteiger partial charge in [0.05, 0.1) is 7.11 Å². The maximum absolute atomic E-state index is 5.40. The highest BCUT2D eigenvalue weighted by Gasteiger charge is 2.08. The Balaban J connectivity index is 1.73. The summed E-state index contributed by atoms with van der Waals surface area (Å²) in [4.78, 5) is 4.53. The van der Waals surface area contributed by atoms with Gasteiger partial charge in [-0.05, 0) is 13.0 Å². The van der Waals surface area contributed by atoms with E-state index in [-0.39, 0.29) is 0 Å². The number of ether oxygens (including phenoxy) is 1. The van der Waals surface area contributed by atoms with E-state index in [9.17, 15) is 0 Å². The van der Waals surface area contributed by atoms with Crippen LogP contribution in [0.3, 0.4) is 0 Å². The third-order valence-corrected chi connectivity index (χ3v) is 4.20. The molecule has 0 aliphatic carbocycles. The summed E-state index contributed by atoms with van der Waals surface area (Å²) in [6.45, 7) is 2.08. The summed E-state index contributed by atoms with van der Waals surface area (Å²) in [6, 6.07) is 16.2. The molecule has 1 aromatic heterocycles. The molecule has 0 bridgehead atoms. The Bertz CT molecular complexity index is 756. The summed E-state index contributed by atoms with van der Waals surface area (Å²) < 4.78 is 5.40. The Hall–Kier alpha value is -2.27. The SMILES string of the molecule is COc1ccc(C)cc1CSc1n[nH]c(-c2ccccc2)n1. The van der Waals surface area contributed by atoms with Crippen molar-refractivity contribution in [1.82, 2.24) is 15.2 Å². The second-order valence-electron chi connectivity index (χ2n) is 4.94. The lowest BCUT2D eigenvalue weighted by Crippen LogP contribution is -1.91. The highest BCUT2D eigenvalue weighted by atomic mass is 32.2. The third-order valence-electron chi connectivity index (χ3n) is 3.30. The minimum Gasteiger partial charge on any atom is -0.496 e. The minimum atomic E-state index is 0.738. The van der Waals surface area contributed by atoms with E-state index in [4.69, 9.17) is 4.74 Å². The molecule has 3 aromatic rings. The molecule has 0 saturated carbocycles. The van der Waals surface area contributed by atoms with Gasteiger partial charge in [0, 0.05) is 16.9 Å². The van der Waals surface area contributed by atoms with Crippen molar-refractivity contribution in [3.8, 4) is 17.1 Å². The number of H-pyrrole nitrogens is 1. The molecule has 0 atom stereocenters. The van der Waals surface area contributed by atoms with Gasteiger partial charge in [-0.3, -0.25) is 5.10 Å². The van der Waals surface area contributed by atoms with Crippen LogP contribution in [-0.2, 0) is 5.75 Å². The van der Waals surface area contributed by atoms with Gasteiger partial charge >= 0.3 is 0 Å². The van der Waals surface area contributed by atoms with Crippen LogP contribution in [0.5, 0.6) is 5.75 Å². The van der Waals surface area contributed by atoms with Crippen molar-refractivity contribution < 1.29 is 4.74 Å². The Morgan fingerprint density at radius 1 is 1.14 bits per heavy atom. The van der Waals surface area contributed by atoms with Gasteiger partial charge in [0.2, 0.25) is 5.16 Å². The lowest BCUT2D eigenvalue weighted by atomic mass is 10.1. The first kappa shape index (κ1) is 14.7. The molecule has 0 amide bonds. The van der Waals surface area contributed by atoms with Gasteiger partial charge < -0.3 is 4.74 Å². The lowest BCUT2D eigenvalue weighted by Gasteiger charge is -2.07. The van der Waals surface area contributed by atoms with Crippen LogP contribution >= 0.6 is 11.8 Å². The van der Waals surface area contributed by atoms with Crippen molar-refractivity contribution >= 4 is 11.8 Å². The first-order valence-corrected chi connectivity index (χ1v) is 7.99. The Morgan fingerprint density at radius 3 is 2.73 bits per heavy atom. The van der Waals surface area contributed by atoms with Crippen molar-refractivity contribution in [2.24, 2.45) is 0 Å². The van der Waals surface area contributed by atoms with Crippen molar-refractivity contribution in [2.75, 3.05) is 7.11 Å². The molecule has 5 heteroatoms. The highest BCUT2D eigenvalue weighted by molar-refractivity contribution is 7.98. The number of aryl methyl sites for hydroxylation is 1. The number of thioether (sulfide) groups is 1. The fraction of sp³-hybridized carbons (Fsp3) is 0.176. The minimum absolute atomic E-state index is 0.738. The van der Waals surface area contributed by atoms with Crippen molar-refractivity contribution in [3.05, 3.63) is 59.7 Å². The van der Waals surface area contributed by atoms with E-state index < -0.39 is 0 Å². The molecule has 0 radical (unpaired) electrons. The standard InChI is InChI=1S/C17H17N3OS/c1-12-8-9-15(21-2)14(10-12)11-22-17-18-16(19-20-17)13-6-4-3-5-7-13/h3-10H,11H2,1-2H3,(H,18,19,20). The number of nitrogens with zero attached hydrogens (tertiary/aromatic N) is 2. The summed E-state index contributed by atoms with van der Waals surface area (Å²) >= 11 is 1.59. The highest BCUT2D eigenvalue weighted by Crippen LogP contribution is 2.28. The molecule has 2 aromatic carbocycles. The van der Waals surface area contributed by atoms with Crippen LogP contribution in [0.2, 0.25) is 0 Å². The van der Waals surface area contributed by atoms with Crippen molar-refractivity contribution in [1.29, 1.82) is 0 Å². The van der Waals surface area contributed by atoms with E-state index >= 15 is 0 Å². The number of aromatic nitrogens is 3. The molecule has 0 unspecified atom stereocenters. The normalized spacial score (nSPS) is 10.6. The van der Waals surface area contributed by atoms with Crippen LogP contribution in [0.25, 0.3) is 11.4 Å². The number of aromatic amines is 1. The van der Waals surface area contributed by atoms with Gasteiger partial charge in [0.25, 0.3) is 0 Å². The largest absolute Gasteiger partial charge is 0.496 e. The van der Waals surface area contributed by atoms with E-state index in [1.54, 1.807) is 18.9 Å². The van der Waals surface area contributed by atoms with Gasteiger partial charge in [-0.15, -0.1) is 5.10 Å². The van der Waals surface area contributed by atoms with E-state index in [0.29, 0.717) is 0 Å². The smallest absolute Gasteiger partial charge is 0.209 e. The molecule has 22 heavy (non-hydrogen) atoms. The summed E-state index contributed by atoms with van der Waals surface area (Å²) in [5.41, 5.74) is 3.41. The van der Waals surface area contributed by atoms with Crippen molar-refractivity contribution in [3.63, 3.8) is 0 Å². The molecule has 1 heterocycles. The van der Waals surface area contributed by atoms with E-state index in [2.05, 4.69) is 28.2 Å². The molecule has 4 nitrogen and oxygen atoms in total. The van der Waals surface area contributed by atoms with Crippen LogP contribution in [-0.4, -0.2) is 22.3 Å². The van der Waals surface area contributed by atoms with Gasteiger partial charge in [-0.2, -0.15) is 0 Å². The Morgan fingerprint density at radius 2 is 1.95 bits per heavy atom. The molecule has 3 rings (SSSR count). The fourth-order valence-electron chi connectivity index (χ4n) is 2.20. The fourth-order valence-corrected chi connectivity index (χ4v) is 2.97. The molecular formula is C17H17N3OS. The summed E-state index contributed by atoms with van der Waals surface area (Å²) in [5.74, 6) is 2.47. The number of hydrogen-bond acceptors (Lipinski definition) is 4. The second-order valence-corrected chi connectivity index (χ2v) is 5.88. The molecule has 0 saturated heterocycles. The molecule has 0 fully saturated rings. The first-order valence-electron chi connectivity index (χ1n) is 7.00. The zero-order chi connectivity index (χ0) is 15.4. The predicted octanol–water partition coefficient (Wildman–Crippen LogP) is 4.08. The maximum Gasteiger partial charge on any atom is 0.209 e. The van der Waals surface area contributed by atoms with E-state index in [1.165, 1.54) is 5.56 Å². The molecule has 112 valence electrons. The zero-order valence-corrected chi connectivity index (χ0v) is 13.4. The maximum atomic E-state index is 5.40. The number of methoxy groups -OCH3 is 1. The monoisotopic (exact) mass is 311 g/mol. The number of hydrogen-bond donors (Lipinski definition) is 1. The summed E-state index contributed by atoms with van der Waals surface area (Å²) in [7, 11) is 1.69. The summed E-state index contributed by atoms with van der Waals surface area (Å²) in [6.07, 6.45) is 0. The first-order chi connectivity index (χ1) is 10.8. The average Bonchev–Trinajstić information content (AvgIpc) is 3.03. The molecule has 0 aliphatic rings. The number of benzene rings is 2. The van der Waals surface area contributed by atoms with Crippen LogP contribution in [0, 0.1) is 6.92 Å². The number of rotatable bonds is 5. The third kappa shape index (κ3) is 3.31. The molecular weight excluding hydrogens is 294 g/mol. The Kier molecular flexibility index (Phi) is 4.44. The number of nitrogens with one attached hydrogen (secondary N) is 1. The zero-order valence-electron chi connectivity index (χ0n) is 12.5. The molecule has 0 aliphatic heterocycles. The molecule has 1 N–H and O–H groups in total. The lowest BCUT2D eigenvalue weighted by molar-refractivity contribution is 0.411. The Labute approximate surface area is 133 Å². The topological polar surface area (TPSA) is 50.8 Å². The van der Waals surface area contributed by atoms with Gasteiger partial charge in [-0.1, -0.05) is 59.8 Å². The predicted molar refractivity (Wildman–Crippen MR) is 89.1 cm³/mol. The van der Waals surface area contributed by atoms with Gasteiger partial charge in [0.15, 0.2) is 5.82 Å². The van der Waals surface area contributed by atoms with E-state index in [0.717, 1.165) is 33.6 Å². The van der Waals surface area contributed by atoms with Gasteiger partial charge in [0.1, 0.15) is 5.75 Å². The van der Waals surface area contributed by atoms with Crippen LogP contribution in [0.1, 0.15) is 11.1 Å². The van der Waals surface area contributed by atoms with Crippen LogP contribution < -0.4 is 4.74 Å². The van der Waals surface area contributed by atoms with Crippen LogP contribution in [0.4, 0.5) is 0 Å². The van der Waals surface area contributed by atoms with Gasteiger partial charge in [-0.25, -0.2) is 4.98 Å². The quantitative estimate of drug-likeness (QED) is 0.721. The average molecular weight is 311 g/mol. The summed E-state index contributed by atoms with van der Waals surface area (Å²) in [5, 5.41) is 8.00. The van der Waals surface area contributed by atoms with Crippen LogP contribution in [0.15, 0.2) is 53.7 Å². The van der Waals surface area contributed by atoms with E-state index in [1.807, 2.05) is 42.5 Å². The van der Waals surface area contributed by atoms with Crippen molar-refractivity contribution in [2.45, 2.75) is 17.8 Å². The molecule has 0 spiro atoms.